The number of alkyl halides is 1. The molecule has 1 aliphatic carbocycles. The van der Waals surface area contributed by atoms with Crippen molar-refractivity contribution in [2.45, 2.75) is 106 Å². The molecule has 8 N–H and O–H groups in total. The van der Waals surface area contributed by atoms with Crippen molar-refractivity contribution in [2.75, 3.05) is 32.7 Å². The highest BCUT2D eigenvalue weighted by atomic mass is 35.5. The van der Waals surface area contributed by atoms with E-state index in [0.29, 0.717) is 13.1 Å². The van der Waals surface area contributed by atoms with Gasteiger partial charge < -0.3 is 37.5 Å². The molecule has 0 radical (unpaired) electrons. The van der Waals surface area contributed by atoms with Gasteiger partial charge in [-0.3, -0.25) is 4.79 Å². The molecule has 0 aromatic rings. The number of halogens is 1. The third-order valence-corrected chi connectivity index (χ3v) is 9.05. The Kier molecular flexibility index (Phi) is 9.90. The fourth-order valence-corrected chi connectivity index (χ4v) is 6.92. The normalized spacial score (nSPS) is 35.9. The highest BCUT2D eigenvalue weighted by Gasteiger charge is 2.42. The van der Waals surface area contributed by atoms with Gasteiger partial charge >= 0.3 is 0 Å². The van der Waals surface area contributed by atoms with E-state index in [1.54, 1.807) is 0 Å². The lowest BCUT2D eigenvalue weighted by molar-refractivity contribution is -0.130. The van der Waals surface area contributed by atoms with Gasteiger partial charge in [0, 0.05) is 31.1 Å². The van der Waals surface area contributed by atoms with Gasteiger partial charge in [-0.2, -0.15) is 0 Å². The van der Waals surface area contributed by atoms with Crippen LogP contribution in [0.1, 0.15) is 70.6 Å². The molecule has 3 saturated heterocycles. The summed E-state index contributed by atoms with van der Waals surface area (Å²) in [7, 11) is 0. The molecule has 34 heavy (non-hydrogen) atoms. The molecule has 3 heterocycles. The van der Waals surface area contributed by atoms with Crippen molar-refractivity contribution in [3.63, 3.8) is 0 Å². The van der Waals surface area contributed by atoms with E-state index in [4.69, 9.17) is 27.8 Å². The van der Waals surface area contributed by atoms with Crippen molar-refractivity contribution in [1.29, 1.82) is 0 Å². The van der Waals surface area contributed by atoms with Crippen LogP contribution < -0.4 is 32.7 Å². The van der Waals surface area contributed by atoms with Crippen molar-refractivity contribution in [3.8, 4) is 0 Å². The molecule has 6 atom stereocenters. The van der Waals surface area contributed by atoms with Crippen molar-refractivity contribution in [1.82, 2.24) is 21.3 Å². The second kappa shape index (κ2) is 12.7. The Labute approximate surface area is 210 Å². The van der Waals surface area contributed by atoms with Gasteiger partial charge in [-0.25, -0.2) is 0 Å². The lowest BCUT2D eigenvalue weighted by atomic mass is 9.65. The Balaban J connectivity index is 1.44. The number of nitrogens with two attached hydrogens (primary N) is 2. The molecule has 4 aliphatic rings. The van der Waals surface area contributed by atoms with Crippen LogP contribution in [0.5, 0.6) is 0 Å². The summed E-state index contributed by atoms with van der Waals surface area (Å²) < 4.78 is 6.46. The lowest BCUT2D eigenvalue weighted by Crippen LogP contribution is -2.62. The molecular weight excluding hydrogens is 452 g/mol. The van der Waals surface area contributed by atoms with Crippen molar-refractivity contribution >= 4 is 17.5 Å². The molecule has 1 spiro atoms. The van der Waals surface area contributed by atoms with Crippen molar-refractivity contribution in [2.24, 2.45) is 22.8 Å². The maximum Gasteiger partial charge on any atom is 0.227 e. The number of carbonyl (C=O) groups excluding carboxylic acids is 1. The van der Waals surface area contributed by atoms with Gasteiger partial charge in [-0.15, -0.1) is 11.6 Å². The first kappa shape index (κ1) is 26.6. The third kappa shape index (κ3) is 7.05. The number of amides is 1. The summed E-state index contributed by atoms with van der Waals surface area (Å²) in [4.78, 5) is 13.7. The number of rotatable bonds is 6. The number of hydrogen-bond donors (Lipinski definition) is 6. The lowest BCUT2D eigenvalue weighted by Gasteiger charge is -2.45. The zero-order valence-corrected chi connectivity index (χ0v) is 21.5. The van der Waals surface area contributed by atoms with Crippen LogP contribution in [0.2, 0.25) is 0 Å². The van der Waals surface area contributed by atoms with E-state index in [9.17, 15) is 4.79 Å². The van der Waals surface area contributed by atoms with Gasteiger partial charge in [0.2, 0.25) is 5.91 Å². The van der Waals surface area contributed by atoms with Crippen LogP contribution in [0, 0.1) is 11.3 Å². The highest BCUT2D eigenvalue weighted by Crippen LogP contribution is 2.46. The Morgan fingerprint density at radius 2 is 1.76 bits per heavy atom. The van der Waals surface area contributed by atoms with Gasteiger partial charge in [-0.1, -0.05) is 19.3 Å². The molecule has 9 heteroatoms. The molecule has 0 bridgehead atoms. The van der Waals surface area contributed by atoms with Crippen LogP contribution in [0.4, 0.5) is 0 Å². The average molecular weight is 499 g/mol. The first-order valence-corrected chi connectivity index (χ1v) is 14.2. The smallest absolute Gasteiger partial charge is 0.227 e. The summed E-state index contributed by atoms with van der Waals surface area (Å²) >= 11 is 6.64. The molecular formula is C25H47ClN6O2. The van der Waals surface area contributed by atoms with Crippen LogP contribution in [-0.4, -0.2) is 74.5 Å². The molecule has 0 aromatic heterocycles. The summed E-state index contributed by atoms with van der Waals surface area (Å²) in [6.45, 7) is 4.23. The van der Waals surface area contributed by atoms with E-state index in [1.165, 1.54) is 32.1 Å². The number of piperidine rings is 2. The molecule has 1 amide bonds. The number of hydrogen-bond acceptors (Lipinski definition) is 7. The molecule has 8 nitrogen and oxygen atoms in total. The Hall–Kier alpha value is -0.480. The summed E-state index contributed by atoms with van der Waals surface area (Å²) in [6.07, 6.45) is 11.9. The van der Waals surface area contributed by atoms with Gasteiger partial charge in [0.05, 0.1) is 30.3 Å². The quantitative estimate of drug-likeness (QED) is 0.239. The van der Waals surface area contributed by atoms with E-state index >= 15 is 0 Å². The molecule has 4 fully saturated rings. The first-order chi connectivity index (χ1) is 16.5. The number of nitrogens with one attached hydrogen (secondary N) is 4. The average Bonchev–Trinajstić information content (AvgIpc) is 2.83. The highest BCUT2D eigenvalue weighted by molar-refractivity contribution is 6.20. The number of carbonyl (C=O) groups is 1. The molecule has 1 saturated carbocycles. The van der Waals surface area contributed by atoms with Crippen molar-refractivity contribution < 1.29 is 9.53 Å². The molecule has 196 valence electrons. The Morgan fingerprint density at radius 3 is 2.50 bits per heavy atom. The van der Waals surface area contributed by atoms with Gasteiger partial charge in [0.1, 0.15) is 0 Å². The Morgan fingerprint density at radius 1 is 0.971 bits per heavy atom. The van der Waals surface area contributed by atoms with Gasteiger partial charge in [0.25, 0.3) is 0 Å². The predicted molar refractivity (Wildman–Crippen MR) is 137 cm³/mol. The van der Waals surface area contributed by atoms with Gasteiger partial charge in [0.15, 0.2) is 0 Å². The molecule has 4 rings (SSSR count). The van der Waals surface area contributed by atoms with Crippen LogP contribution in [-0.2, 0) is 9.53 Å². The topological polar surface area (TPSA) is 126 Å². The number of ether oxygens (including phenoxy) is 1. The van der Waals surface area contributed by atoms with Crippen LogP contribution >= 0.6 is 11.6 Å². The zero-order valence-electron chi connectivity index (χ0n) is 20.7. The minimum atomic E-state index is -0.732. The van der Waals surface area contributed by atoms with Crippen LogP contribution in [0.15, 0.2) is 0 Å². The third-order valence-electron chi connectivity index (χ3n) is 8.67. The maximum absolute atomic E-state index is 13.7. The van der Waals surface area contributed by atoms with E-state index in [1.807, 2.05) is 0 Å². The van der Waals surface area contributed by atoms with Crippen LogP contribution in [0.3, 0.4) is 0 Å². The summed E-state index contributed by atoms with van der Waals surface area (Å²) in [5, 5.41) is 13.8. The van der Waals surface area contributed by atoms with Crippen molar-refractivity contribution in [3.05, 3.63) is 0 Å². The van der Waals surface area contributed by atoms with Gasteiger partial charge in [-0.05, 0) is 69.9 Å². The van der Waals surface area contributed by atoms with E-state index in [2.05, 4.69) is 21.3 Å². The Bertz CT molecular complexity index is 641. The molecule has 6 unspecified atom stereocenters. The second-order valence-electron chi connectivity index (χ2n) is 11.3. The van der Waals surface area contributed by atoms with E-state index in [0.717, 1.165) is 58.2 Å². The largest absolute Gasteiger partial charge is 0.371 e. The molecule has 3 aliphatic heterocycles. The monoisotopic (exact) mass is 498 g/mol. The minimum Gasteiger partial charge on any atom is -0.371 e. The fourth-order valence-electron chi connectivity index (χ4n) is 6.72. The standard InChI is InChI=1S/C25H47ClN6O2/c26-17-6-10-25(8-2-1-3-9-25)13-19(31-14-17)22(23(27)28)24(33)32-20-16-30-12-7-21(20)34-18-5-4-11-29-15-18/h17-23,29-31H,1-16,27-28H2,(H,32,33). The second-order valence-corrected chi connectivity index (χ2v) is 11.9. The summed E-state index contributed by atoms with van der Waals surface area (Å²) in [5.41, 5.74) is 12.8. The first-order valence-electron chi connectivity index (χ1n) is 13.7. The summed E-state index contributed by atoms with van der Waals surface area (Å²) in [6, 6.07) is -0.152. The SMILES string of the molecule is NC(N)C(C(=O)NC1CNCCC1OC1CCCNC1)C1CC2(CCCCC2)CCC(Cl)CN1. The summed E-state index contributed by atoms with van der Waals surface area (Å²) in [5.74, 6) is -0.561. The molecule has 0 aromatic carbocycles. The van der Waals surface area contributed by atoms with E-state index < -0.39 is 12.1 Å². The zero-order chi connectivity index (χ0) is 24.0. The van der Waals surface area contributed by atoms with E-state index in [-0.39, 0.29) is 41.0 Å². The fraction of sp³-hybridized carbons (Fsp3) is 0.960. The minimum absolute atomic E-state index is 0.00644. The van der Waals surface area contributed by atoms with Crippen LogP contribution in [0.25, 0.3) is 0 Å². The maximum atomic E-state index is 13.7. The predicted octanol–water partition coefficient (Wildman–Crippen LogP) is 1.16.